The highest BCUT2D eigenvalue weighted by Gasteiger charge is 2.29. The van der Waals surface area contributed by atoms with Crippen LogP contribution in [-0.4, -0.2) is 52.7 Å². The van der Waals surface area contributed by atoms with Gasteiger partial charge in [0, 0.05) is 44.1 Å². The molecule has 3 rings (SSSR count). The molecule has 166 valence electrons. The predicted molar refractivity (Wildman–Crippen MR) is 131 cm³/mol. The van der Waals surface area contributed by atoms with Gasteiger partial charge in [0.2, 0.25) is 5.89 Å². The monoisotopic (exact) mass is 526 g/mol. The Morgan fingerprint density at radius 1 is 1.30 bits per heavy atom. The maximum atomic E-state index is 5.31. The van der Waals surface area contributed by atoms with Crippen molar-refractivity contribution in [2.24, 2.45) is 4.99 Å². The molecule has 2 N–H and O–H groups in total. The lowest BCUT2D eigenvalue weighted by molar-refractivity contribution is 0.258. The Morgan fingerprint density at radius 3 is 2.73 bits per heavy atom. The lowest BCUT2D eigenvalue weighted by Crippen LogP contribution is -2.44. The van der Waals surface area contributed by atoms with E-state index in [9.17, 15) is 0 Å². The fraction of sp³-hybridized carbons (Fsp3) is 0.591. The van der Waals surface area contributed by atoms with E-state index in [0.717, 1.165) is 37.8 Å². The van der Waals surface area contributed by atoms with Gasteiger partial charge in [-0.25, -0.2) is 0 Å². The number of rotatable bonds is 8. The van der Waals surface area contributed by atoms with Crippen LogP contribution in [-0.2, 0) is 13.0 Å². The summed E-state index contributed by atoms with van der Waals surface area (Å²) in [5.41, 5.74) is 1.36. The first-order valence-corrected chi connectivity index (χ1v) is 10.7. The van der Waals surface area contributed by atoms with E-state index in [-0.39, 0.29) is 29.9 Å². The lowest BCUT2D eigenvalue weighted by atomic mass is 10.2. The second-order valence-corrected chi connectivity index (χ2v) is 8.05. The molecule has 2 aromatic rings. The molecule has 1 aromatic heterocycles. The maximum Gasteiger partial charge on any atom is 0.228 e. The van der Waals surface area contributed by atoms with Crippen LogP contribution >= 0.6 is 24.0 Å². The van der Waals surface area contributed by atoms with E-state index in [4.69, 9.17) is 9.52 Å². The predicted octanol–water partition coefficient (Wildman–Crippen LogP) is 3.57. The van der Waals surface area contributed by atoms with E-state index >= 15 is 0 Å². The van der Waals surface area contributed by atoms with E-state index in [0.29, 0.717) is 30.9 Å². The molecule has 7 nitrogen and oxygen atoms in total. The third-order valence-electron chi connectivity index (χ3n) is 5.21. The molecule has 0 spiro atoms. The fourth-order valence-corrected chi connectivity index (χ4v) is 3.62. The zero-order valence-corrected chi connectivity index (χ0v) is 20.8. The van der Waals surface area contributed by atoms with Crippen LogP contribution in [0.5, 0.6) is 0 Å². The van der Waals surface area contributed by atoms with Gasteiger partial charge in [-0.1, -0.05) is 49.3 Å². The molecule has 2 heterocycles. The summed E-state index contributed by atoms with van der Waals surface area (Å²) in [6.07, 6.45) is 1.76. The molecule has 8 heteroatoms. The minimum atomic E-state index is 0. The van der Waals surface area contributed by atoms with E-state index < -0.39 is 0 Å². The molecule has 0 bridgehead atoms. The zero-order chi connectivity index (χ0) is 20.6. The van der Waals surface area contributed by atoms with Crippen LogP contribution in [0.1, 0.15) is 57.3 Å². The minimum Gasteiger partial charge on any atom is -0.357 e. The van der Waals surface area contributed by atoms with Gasteiger partial charge in [-0.05, 0) is 25.8 Å². The normalized spacial score (nSPS) is 19.7. The summed E-state index contributed by atoms with van der Waals surface area (Å²) in [4.78, 5) is 11.7. The van der Waals surface area contributed by atoms with Crippen LogP contribution in [0, 0.1) is 0 Å². The average molecular weight is 526 g/mol. The molecule has 1 aromatic carbocycles. The van der Waals surface area contributed by atoms with Crippen LogP contribution in [0.15, 0.2) is 39.8 Å². The van der Waals surface area contributed by atoms with Gasteiger partial charge in [0.15, 0.2) is 11.8 Å². The minimum absolute atomic E-state index is 0. The number of nitrogens with one attached hydrogen (secondary N) is 2. The molecule has 1 fully saturated rings. The van der Waals surface area contributed by atoms with Crippen molar-refractivity contribution < 1.29 is 4.52 Å². The molecular weight excluding hydrogens is 491 g/mol. The average Bonchev–Trinajstić information content (AvgIpc) is 3.30. The summed E-state index contributed by atoms with van der Waals surface area (Å²) in [6, 6.07) is 11.6. The van der Waals surface area contributed by atoms with E-state index in [1.807, 2.05) is 0 Å². The van der Waals surface area contributed by atoms with Gasteiger partial charge >= 0.3 is 0 Å². The van der Waals surface area contributed by atoms with Crippen molar-refractivity contribution in [3.05, 3.63) is 47.6 Å². The molecule has 1 saturated heterocycles. The fourth-order valence-electron chi connectivity index (χ4n) is 3.62. The Morgan fingerprint density at radius 2 is 2.07 bits per heavy atom. The highest BCUT2D eigenvalue weighted by molar-refractivity contribution is 14.0. The van der Waals surface area contributed by atoms with Crippen LogP contribution in [0.3, 0.4) is 0 Å². The number of likely N-dealkylation sites (tertiary alicyclic amines) is 1. The van der Waals surface area contributed by atoms with Crippen molar-refractivity contribution in [1.82, 2.24) is 25.7 Å². The number of nitrogens with zero attached hydrogens (tertiary/aromatic N) is 4. The van der Waals surface area contributed by atoms with Gasteiger partial charge in [0.05, 0.1) is 6.54 Å². The largest absolute Gasteiger partial charge is 0.357 e. The van der Waals surface area contributed by atoms with E-state index in [2.05, 4.69) is 83.7 Å². The summed E-state index contributed by atoms with van der Waals surface area (Å²) in [5.74, 6) is 2.54. The summed E-state index contributed by atoms with van der Waals surface area (Å²) in [7, 11) is 0. The molecule has 0 radical (unpaired) electrons. The molecule has 2 atom stereocenters. The number of guanidine groups is 1. The zero-order valence-electron chi connectivity index (χ0n) is 18.5. The van der Waals surface area contributed by atoms with Crippen molar-refractivity contribution in [2.75, 3.05) is 19.6 Å². The van der Waals surface area contributed by atoms with Crippen molar-refractivity contribution >= 4 is 29.9 Å². The number of hydrogen-bond acceptors (Lipinski definition) is 5. The first-order valence-electron chi connectivity index (χ1n) is 10.7. The number of halogens is 1. The molecule has 1 aliphatic rings. The first-order chi connectivity index (χ1) is 14.0. The molecule has 1 aliphatic heterocycles. The number of aliphatic imine (C=N–C) groups is 1. The maximum absolute atomic E-state index is 5.31. The smallest absolute Gasteiger partial charge is 0.228 e. The second kappa shape index (κ2) is 12.2. The highest BCUT2D eigenvalue weighted by Crippen LogP contribution is 2.20. The van der Waals surface area contributed by atoms with Crippen molar-refractivity contribution in [1.29, 1.82) is 0 Å². The summed E-state index contributed by atoms with van der Waals surface area (Å²) < 4.78 is 5.31. The number of benzene rings is 1. The van der Waals surface area contributed by atoms with Crippen molar-refractivity contribution in [2.45, 2.75) is 65.1 Å². The van der Waals surface area contributed by atoms with Crippen LogP contribution in [0.2, 0.25) is 0 Å². The van der Waals surface area contributed by atoms with Gasteiger partial charge in [-0.3, -0.25) is 9.89 Å². The molecule has 30 heavy (non-hydrogen) atoms. The van der Waals surface area contributed by atoms with Gasteiger partial charge in [0.25, 0.3) is 0 Å². The highest BCUT2D eigenvalue weighted by atomic mass is 127. The molecule has 0 saturated carbocycles. The van der Waals surface area contributed by atoms with Gasteiger partial charge in [-0.2, -0.15) is 4.98 Å². The van der Waals surface area contributed by atoms with Gasteiger partial charge < -0.3 is 15.2 Å². The van der Waals surface area contributed by atoms with Gasteiger partial charge in [-0.15, -0.1) is 24.0 Å². The molecule has 2 unspecified atom stereocenters. The number of aromatic nitrogens is 2. The van der Waals surface area contributed by atoms with E-state index in [1.165, 1.54) is 5.56 Å². The summed E-state index contributed by atoms with van der Waals surface area (Å²) >= 11 is 0. The Kier molecular flexibility index (Phi) is 10.0. The lowest BCUT2D eigenvalue weighted by Gasteiger charge is -2.21. The number of hydrogen-bond donors (Lipinski definition) is 2. The summed E-state index contributed by atoms with van der Waals surface area (Å²) in [5, 5.41) is 11.0. The Labute approximate surface area is 197 Å². The second-order valence-electron chi connectivity index (χ2n) is 8.05. The summed E-state index contributed by atoms with van der Waals surface area (Å²) in [6.45, 7) is 12.0. The third-order valence-corrected chi connectivity index (χ3v) is 5.21. The standard InChI is InChI=1S/C22H34N6O.HI/c1-5-23-22(24-12-11-20-26-21(16(2)3)27-29-20)25-19-13-17(4)28(15-19)14-18-9-7-6-8-10-18;/h6-10,16-17,19H,5,11-15H2,1-4H3,(H2,23,24,25);1H. The Balaban J connectivity index is 0.00000320. The molecule has 0 aliphatic carbocycles. The third kappa shape index (κ3) is 7.23. The van der Waals surface area contributed by atoms with Crippen molar-refractivity contribution in [3.8, 4) is 0 Å². The Bertz CT molecular complexity index is 779. The SMILES string of the molecule is CCNC(=NCCc1nc(C(C)C)no1)NC1CC(C)N(Cc2ccccc2)C1.I. The van der Waals surface area contributed by atoms with Crippen molar-refractivity contribution in [3.63, 3.8) is 0 Å². The topological polar surface area (TPSA) is 78.6 Å². The molecule has 0 amide bonds. The van der Waals surface area contributed by atoms with Crippen LogP contribution in [0.4, 0.5) is 0 Å². The van der Waals surface area contributed by atoms with Gasteiger partial charge in [0.1, 0.15) is 0 Å². The van der Waals surface area contributed by atoms with E-state index in [1.54, 1.807) is 0 Å². The van der Waals surface area contributed by atoms with Crippen LogP contribution in [0.25, 0.3) is 0 Å². The quantitative estimate of drug-likeness (QED) is 0.311. The molecular formula is C22H35IN6O. The van der Waals surface area contributed by atoms with Crippen LogP contribution < -0.4 is 10.6 Å². The Hall–Kier alpha value is -1.68. The first kappa shape index (κ1) is 24.6.